The van der Waals surface area contributed by atoms with Crippen molar-refractivity contribution in [2.75, 3.05) is 4.72 Å². The maximum absolute atomic E-state index is 11.0. The van der Waals surface area contributed by atoms with Crippen LogP contribution in [0.2, 0.25) is 0 Å². The maximum atomic E-state index is 11.0. The number of carbonyl (C=O) groups is 1. The van der Waals surface area contributed by atoms with E-state index in [1.165, 1.54) is 28.8 Å². The number of carboxylic acids is 1. The molecule has 2 N–H and O–H groups in total. The third-order valence-corrected chi connectivity index (χ3v) is 4.59. The maximum Gasteiger partial charge on any atom is 0.348 e. The second-order valence-corrected chi connectivity index (χ2v) is 7.24. The van der Waals surface area contributed by atoms with Crippen LogP contribution in [0, 0.1) is 0 Å². The summed E-state index contributed by atoms with van der Waals surface area (Å²) in [5.74, 6) is -0.897. The Morgan fingerprint density at radius 1 is 1.20 bits per heavy atom. The Hall–Kier alpha value is -1.46. The average Bonchev–Trinajstić information content (AvgIpc) is 2.84. The highest BCUT2D eigenvalue weighted by atomic mass is 32.2. The van der Waals surface area contributed by atoms with E-state index in [9.17, 15) is 4.79 Å². The number of nitrogens with one attached hydrogen (secondary N) is 1. The van der Waals surface area contributed by atoms with Crippen LogP contribution in [0.3, 0.4) is 0 Å². The highest BCUT2D eigenvalue weighted by Crippen LogP contribution is 2.29. The van der Waals surface area contributed by atoms with Gasteiger partial charge >= 0.3 is 5.97 Å². The molecule has 0 unspecified atom stereocenters. The Kier molecular flexibility index (Phi) is 4.40. The molecule has 1 aromatic heterocycles. The van der Waals surface area contributed by atoms with E-state index >= 15 is 0 Å². The van der Waals surface area contributed by atoms with Crippen LogP contribution in [0.15, 0.2) is 40.6 Å². The van der Waals surface area contributed by atoms with Crippen LogP contribution in [0.25, 0.3) is 0 Å². The lowest BCUT2D eigenvalue weighted by Gasteiger charge is -2.19. The highest BCUT2D eigenvalue weighted by molar-refractivity contribution is 8.00. The normalized spacial score (nSPS) is 11.3. The van der Waals surface area contributed by atoms with Gasteiger partial charge in [-0.3, -0.25) is 0 Å². The zero-order valence-corrected chi connectivity index (χ0v) is 13.3. The molecule has 0 atom stereocenters. The van der Waals surface area contributed by atoms with Gasteiger partial charge in [0.05, 0.1) is 5.69 Å². The summed E-state index contributed by atoms with van der Waals surface area (Å²) in [5, 5.41) is 10.8. The van der Waals surface area contributed by atoms with E-state index in [4.69, 9.17) is 5.11 Å². The minimum absolute atomic E-state index is 0.139. The molecule has 0 bridgehead atoms. The third kappa shape index (κ3) is 3.55. The van der Waals surface area contributed by atoms with Gasteiger partial charge in [-0.05, 0) is 46.5 Å². The first kappa shape index (κ1) is 14.9. The van der Waals surface area contributed by atoms with Gasteiger partial charge in [0.1, 0.15) is 4.88 Å². The molecule has 106 valence electrons. The summed E-state index contributed by atoms with van der Waals surface area (Å²) >= 11 is 2.65. The lowest BCUT2D eigenvalue weighted by atomic mass is 9.87. The minimum Gasteiger partial charge on any atom is -0.477 e. The van der Waals surface area contributed by atoms with Gasteiger partial charge < -0.3 is 9.83 Å². The fraction of sp³-hybridized carbons (Fsp3) is 0.267. The van der Waals surface area contributed by atoms with Gasteiger partial charge in [0.25, 0.3) is 0 Å². The first-order valence-corrected chi connectivity index (χ1v) is 7.92. The molecule has 3 nitrogen and oxygen atoms in total. The Bertz CT molecular complexity index is 597. The number of rotatable bonds is 4. The van der Waals surface area contributed by atoms with Crippen molar-refractivity contribution in [2.45, 2.75) is 31.1 Å². The summed E-state index contributed by atoms with van der Waals surface area (Å²) in [6.07, 6.45) is 0. The van der Waals surface area contributed by atoms with E-state index in [-0.39, 0.29) is 5.41 Å². The molecule has 20 heavy (non-hydrogen) atoms. The minimum atomic E-state index is -0.897. The van der Waals surface area contributed by atoms with Crippen molar-refractivity contribution in [1.82, 2.24) is 0 Å². The van der Waals surface area contributed by atoms with E-state index in [1.54, 1.807) is 11.4 Å². The van der Waals surface area contributed by atoms with Crippen LogP contribution >= 0.6 is 23.3 Å². The van der Waals surface area contributed by atoms with Crippen LogP contribution in [0.5, 0.6) is 0 Å². The van der Waals surface area contributed by atoms with E-state index in [0.29, 0.717) is 10.6 Å². The van der Waals surface area contributed by atoms with Crippen LogP contribution in [0.1, 0.15) is 36.0 Å². The predicted octanol–water partition coefficient (Wildman–Crippen LogP) is 4.86. The predicted molar refractivity (Wildman–Crippen MR) is 85.9 cm³/mol. The largest absolute Gasteiger partial charge is 0.477 e. The number of carboxylic acid groups (broad SMARTS) is 1. The third-order valence-electron chi connectivity index (χ3n) is 2.86. The van der Waals surface area contributed by atoms with Crippen molar-refractivity contribution in [2.24, 2.45) is 0 Å². The lowest BCUT2D eigenvalue weighted by molar-refractivity contribution is 0.0703. The molecular weight excluding hydrogens is 290 g/mol. The van der Waals surface area contributed by atoms with E-state index in [1.807, 2.05) is 12.1 Å². The lowest BCUT2D eigenvalue weighted by Crippen LogP contribution is -2.10. The number of aromatic carboxylic acids is 1. The topological polar surface area (TPSA) is 49.3 Å². The zero-order valence-electron chi connectivity index (χ0n) is 11.6. The average molecular weight is 307 g/mol. The monoisotopic (exact) mass is 307 g/mol. The fourth-order valence-corrected chi connectivity index (χ4v) is 3.11. The zero-order chi connectivity index (χ0) is 14.8. The highest BCUT2D eigenvalue weighted by Gasteiger charge is 2.14. The summed E-state index contributed by atoms with van der Waals surface area (Å²) in [6.45, 7) is 6.54. The Morgan fingerprint density at radius 2 is 1.85 bits per heavy atom. The van der Waals surface area contributed by atoms with Crippen LogP contribution in [-0.4, -0.2) is 11.1 Å². The first-order valence-electron chi connectivity index (χ1n) is 6.22. The number of hydrogen-bond acceptors (Lipinski definition) is 4. The molecule has 0 radical (unpaired) electrons. The second-order valence-electron chi connectivity index (χ2n) is 5.45. The quantitative estimate of drug-likeness (QED) is 0.792. The van der Waals surface area contributed by atoms with Gasteiger partial charge in [-0.15, -0.1) is 11.3 Å². The summed E-state index contributed by atoms with van der Waals surface area (Å²) in [6, 6.07) is 10.1. The molecule has 5 heteroatoms. The number of thiophene rings is 1. The van der Waals surface area contributed by atoms with Crippen molar-refractivity contribution < 1.29 is 9.90 Å². The second kappa shape index (κ2) is 5.89. The number of benzene rings is 1. The van der Waals surface area contributed by atoms with Crippen LogP contribution in [0.4, 0.5) is 5.69 Å². The molecule has 1 heterocycles. The van der Waals surface area contributed by atoms with Crippen molar-refractivity contribution >= 4 is 34.9 Å². The van der Waals surface area contributed by atoms with Crippen molar-refractivity contribution in [1.29, 1.82) is 0 Å². The van der Waals surface area contributed by atoms with Gasteiger partial charge in [-0.1, -0.05) is 32.9 Å². The van der Waals surface area contributed by atoms with Crippen molar-refractivity contribution in [3.8, 4) is 0 Å². The van der Waals surface area contributed by atoms with Crippen LogP contribution in [-0.2, 0) is 5.41 Å². The summed E-state index contributed by atoms with van der Waals surface area (Å²) in [4.78, 5) is 12.4. The van der Waals surface area contributed by atoms with Gasteiger partial charge in [0.2, 0.25) is 0 Å². The smallest absolute Gasteiger partial charge is 0.348 e. The molecule has 0 aliphatic carbocycles. The molecule has 0 amide bonds. The Labute approximate surface area is 127 Å². The van der Waals surface area contributed by atoms with Gasteiger partial charge in [0.15, 0.2) is 0 Å². The molecule has 1 aromatic carbocycles. The fourth-order valence-electron chi connectivity index (χ4n) is 1.69. The molecule has 0 aliphatic heterocycles. The molecule has 0 aliphatic rings. The van der Waals surface area contributed by atoms with Crippen LogP contribution < -0.4 is 4.72 Å². The van der Waals surface area contributed by atoms with E-state index in [0.717, 1.165) is 4.90 Å². The van der Waals surface area contributed by atoms with Gasteiger partial charge in [-0.2, -0.15) is 0 Å². The Morgan fingerprint density at radius 3 is 2.40 bits per heavy atom. The van der Waals surface area contributed by atoms with Gasteiger partial charge in [-0.25, -0.2) is 4.79 Å². The molecular formula is C15H17NO2S2. The van der Waals surface area contributed by atoms with Crippen molar-refractivity contribution in [3.63, 3.8) is 0 Å². The summed E-state index contributed by atoms with van der Waals surface area (Å²) in [7, 11) is 0. The molecule has 0 saturated carbocycles. The molecule has 0 saturated heterocycles. The first-order chi connectivity index (χ1) is 9.38. The number of anilines is 1. The van der Waals surface area contributed by atoms with E-state index in [2.05, 4.69) is 37.6 Å². The summed E-state index contributed by atoms with van der Waals surface area (Å²) in [5.41, 5.74) is 2.07. The molecule has 0 fully saturated rings. The van der Waals surface area contributed by atoms with Gasteiger partial charge in [0, 0.05) is 4.90 Å². The molecule has 0 spiro atoms. The number of hydrogen-bond donors (Lipinski definition) is 2. The Balaban J connectivity index is 2.04. The van der Waals surface area contributed by atoms with E-state index < -0.39 is 5.97 Å². The SMILES string of the molecule is CC(C)(C)c1ccc(SNc2ccsc2C(=O)O)cc1. The molecule has 2 rings (SSSR count). The summed E-state index contributed by atoms with van der Waals surface area (Å²) < 4.78 is 3.10. The van der Waals surface area contributed by atoms with Crippen molar-refractivity contribution in [3.05, 3.63) is 46.2 Å². The molecule has 2 aromatic rings. The standard InChI is InChI=1S/C15H17NO2S2/c1-15(2,3)10-4-6-11(7-5-10)20-16-12-8-9-19-13(12)14(17)18/h4-9,16H,1-3H3,(H,17,18).